The van der Waals surface area contributed by atoms with Crippen molar-refractivity contribution in [2.24, 2.45) is 0 Å². The number of para-hydroxylation sites is 1. The molecule has 0 saturated carbocycles. The summed E-state index contributed by atoms with van der Waals surface area (Å²) in [7, 11) is 0. The lowest BCUT2D eigenvalue weighted by atomic mass is 10.0. The van der Waals surface area contributed by atoms with Crippen molar-refractivity contribution in [2.45, 2.75) is 12.7 Å². The predicted molar refractivity (Wildman–Crippen MR) is 50.3 cm³/mol. The second-order valence-corrected chi connectivity index (χ2v) is 3.28. The fraction of sp³-hybridized carbons (Fsp3) is 0.200. The lowest BCUT2D eigenvalue weighted by Crippen LogP contribution is -2.28. The number of rotatable bonds is 0. The van der Waals surface area contributed by atoms with Crippen LogP contribution in [-0.4, -0.2) is 10.9 Å². The second-order valence-electron chi connectivity index (χ2n) is 3.28. The molecule has 13 heavy (non-hydrogen) atoms. The Hall–Kier alpha value is -1.51. The summed E-state index contributed by atoms with van der Waals surface area (Å²) in [4.78, 5) is 0. The summed E-state index contributed by atoms with van der Waals surface area (Å²) in [5.74, 6) is -1.50. The van der Waals surface area contributed by atoms with E-state index < -0.39 is 5.79 Å². The molecular formula is C10H10FNO. The maximum atomic E-state index is 13.4. The first-order valence-corrected chi connectivity index (χ1v) is 4.07. The summed E-state index contributed by atoms with van der Waals surface area (Å²) >= 11 is 0. The number of hydrogen-bond acceptors (Lipinski definition) is 2. The van der Waals surface area contributed by atoms with Gasteiger partial charge in [-0.1, -0.05) is 18.2 Å². The van der Waals surface area contributed by atoms with E-state index in [0.29, 0.717) is 5.69 Å². The highest BCUT2D eigenvalue weighted by molar-refractivity contribution is 5.76. The number of aromatic hydroxyl groups is 1. The summed E-state index contributed by atoms with van der Waals surface area (Å²) in [6.45, 7) is 1.40. The molecule has 68 valence electrons. The van der Waals surface area contributed by atoms with Crippen LogP contribution >= 0.6 is 0 Å². The van der Waals surface area contributed by atoms with E-state index >= 15 is 0 Å². The second kappa shape index (κ2) is 2.49. The Bertz CT molecular complexity index is 371. The normalized spacial score (nSPS) is 25.1. The van der Waals surface area contributed by atoms with Crippen molar-refractivity contribution in [3.63, 3.8) is 0 Å². The van der Waals surface area contributed by atoms with Crippen LogP contribution in [0.5, 0.6) is 5.75 Å². The summed E-state index contributed by atoms with van der Waals surface area (Å²) < 4.78 is 13.4. The number of hydrogen-bond donors (Lipinski definition) is 2. The Kier molecular flexibility index (Phi) is 1.55. The Morgan fingerprint density at radius 1 is 1.46 bits per heavy atom. The van der Waals surface area contributed by atoms with E-state index in [0.717, 1.165) is 5.56 Å². The molecule has 0 aromatic heterocycles. The molecule has 0 fully saturated rings. The molecule has 0 saturated heterocycles. The minimum atomic E-state index is -1.58. The van der Waals surface area contributed by atoms with Gasteiger partial charge in [-0.2, -0.15) is 0 Å². The van der Waals surface area contributed by atoms with E-state index in [-0.39, 0.29) is 5.75 Å². The van der Waals surface area contributed by atoms with Gasteiger partial charge in [-0.25, -0.2) is 4.39 Å². The topological polar surface area (TPSA) is 32.3 Å². The molecule has 1 aliphatic heterocycles. The molecule has 2 nitrogen and oxygen atoms in total. The number of benzene rings is 1. The highest BCUT2D eigenvalue weighted by Gasteiger charge is 2.24. The van der Waals surface area contributed by atoms with Crippen LogP contribution in [0.1, 0.15) is 12.5 Å². The van der Waals surface area contributed by atoms with Crippen LogP contribution in [0.25, 0.3) is 6.08 Å². The van der Waals surface area contributed by atoms with E-state index in [1.165, 1.54) is 19.1 Å². The molecule has 2 N–H and O–H groups in total. The van der Waals surface area contributed by atoms with Crippen LogP contribution in [0.3, 0.4) is 0 Å². The van der Waals surface area contributed by atoms with Gasteiger partial charge in [0.2, 0.25) is 0 Å². The number of nitrogens with one attached hydrogen (secondary N) is 1. The molecule has 1 aliphatic rings. The molecule has 2 rings (SSSR count). The van der Waals surface area contributed by atoms with Crippen molar-refractivity contribution in [3.05, 3.63) is 29.8 Å². The lowest BCUT2D eigenvalue weighted by molar-refractivity contribution is 0.297. The van der Waals surface area contributed by atoms with Gasteiger partial charge in [0.05, 0.1) is 5.69 Å². The number of fused-ring (bicyclic) bond motifs is 1. The number of alkyl halides is 1. The van der Waals surface area contributed by atoms with E-state index in [2.05, 4.69) is 5.32 Å². The van der Waals surface area contributed by atoms with Gasteiger partial charge in [0.1, 0.15) is 5.75 Å². The summed E-state index contributed by atoms with van der Waals surface area (Å²) in [5, 5.41) is 12.0. The van der Waals surface area contributed by atoms with Crippen molar-refractivity contribution < 1.29 is 9.50 Å². The molecule has 0 aliphatic carbocycles. The fourth-order valence-electron chi connectivity index (χ4n) is 1.36. The van der Waals surface area contributed by atoms with Gasteiger partial charge >= 0.3 is 0 Å². The molecule has 0 spiro atoms. The van der Waals surface area contributed by atoms with Crippen LogP contribution < -0.4 is 5.32 Å². The number of halogens is 1. The van der Waals surface area contributed by atoms with E-state index in [9.17, 15) is 9.50 Å². The molecule has 1 aromatic rings. The smallest absolute Gasteiger partial charge is 0.196 e. The third-order valence-electron chi connectivity index (χ3n) is 2.02. The number of phenolic OH excluding ortho intramolecular Hbond substituents is 1. The quantitative estimate of drug-likeness (QED) is 0.473. The van der Waals surface area contributed by atoms with Gasteiger partial charge in [0.25, 0.3) is 0 Å². The zero-order valence-electron chi connectivity index (χ0n) is 7.21. The van der Waals surface area contributed by atoms with Gasteiger partial charge in [-0.3, -0.25) is 0 Å². The van der Waals surface area contributed by atoms with Crippen molar-refractivity contribution in [3.8, 4) is 5.75 Å². The summed E-state index contributed by atoms with van der Waals surface area (Å²) in [6, 6.07) is 5.07. The van der Waals surface area contributed by atoms with Crippen LogP contribution in [0.15, 0.2) is 24.3 Å². The average Bonchev–Trinajstić information content (AvgIpc) is 2.06. The predicted octanol–water partition coefficient (Wildman–Crippen LogP) is 2.52. The van der Waals surface area contributed by atoms with Gasteiger partial charge in [-0.15, -0.1) is 0 Å². The van der Waals surface area contributed by atoms with Crippen molar-refractivity contribution in [2.75, 3.05) is 5.32 Å². The lowest BCUT2D eigenvalue weighted by Gasteiger charge is -2.25. The minimum absolute atomic E-state index is 0.0747. The maximum Gasteiger partial charge on any atom is 0.196 e. The average molecular weight is 179 g/mol. The SMILES string of the molecule is CC1(F)C=Cc2cccc(O)c2N1. The maximum absolute atomic E-state index is 13.4. The zero-order valence-corrected chi connectivity index (χ0v) is 7.21. The minimum Gasteiger partial charge on any atom is -0.506 e. The molecule has 0 radical (unpaired) electrons. The van der Waals surface area contributed by atoms with Crippen molar-refractivity contribution >= 4 is 11.8 Å². The van der Waals surface area contributed by atoms with Gasteiger partial charge in [0.15, 0.2) is 5.79 Å². The monoisotopic (exact) mass is 179 g/mol. The van der Waals surface area contributed by atoms with E-state index in [4.69, 9.17) is 0 Å². The Morgan fingerprint density at radius 2 is 2.23 bits per heavy atom. The van der Waals surface area contributed by atoms with Crippen LogP contribution in [0.4, 0.5) is 10.1 Å². The van der Waals surface area contributed by atoms with Crippen LogP contribution in [0.2, 0.25) is 0 Å². The molecule has 3 heteroatoms. The highest BCUT2D eigenvalue weighted by Crippen LogP contribution is 2.35. The third-order valence-corrected chi connectivity index (χ3v) is 2.02. The summed E-state index contributed by atoms with van der Waals surface area (Å²) in [6.07, 6.45) is 3.08. The van der Waals surface area contributed by atoms with E-state index in [1.54, 1.807) is 12.1 Å². The Balaban J connectivity index is 2.54. The number of phenols is 1. The first kappa shape index (κ1) is 8.10. The highest BCUT2D eigenvalue weighted by atomic mass is 19.1. The molecule has 1 unspecified atom stereocenters. The zero-order chi connectivity index (χ0) is 9.47. The Morgan fingerprint density at radius 3 is 3.00 bits per heavy atom. The van der Waals surface area contributed by atoms with Crippen molar-refractivity contribution in [1.82, 2.24) is 0 Å². The molecule has 0 amide bonds. The molecular weight excluding hydrogens is 169 g/mol. The molecule has 1 aromatic carbocycles. The molecule has 1 heterocycles. The van der Waals surface area contributed by atoms with Crippen LogP contribution in [0, 0.1) is 0 Å². The Labute approximate surface area is 75.7 Å². The largest absolute Gasteiger partial charge is 0.506 e. The first-order chi connectivity index (χ1) is 6.08. The van der Waals surface area contributed by atoms with Crippen molar-refractivity contribution in [1.29, 1.82) is 0 Å². The van der Waals surface area contributed by atoms with Gasteiger partial charge < -0.3 is 10.4 Å². The number of anilines is 1. The third kappa shape index (κ3) is 1.37. The van der Waals surface area contributed by atoms with Crippen LogP contribution in [-0.2, 0) is 0 Å². The molecule has 1 atom stereocenters. The van der Waals surface area contributed by atoms with Gasteiger partial charge in [-0.05, 0) is 19.1 Å². The first-order valence-electron chi connectivity index (χ1n) is 4.07. The van der Waals surface area contributed by atoms with Gasteiger partial charge in [0, 0.05) is 5.56 Å². The van der Waals surface area contributed by atoms with E-state index in [1.807, 2.05) is 6.07 Å². The molecule has 0 bridgehead atoms. The fourth-order valence-corrected chi connectivity index (χ4v) is 1.36. The summed E-state index contributed by atoms with van der Waals surface area (Å²) in [5.41, 5.74) is 1.25. The standard InChI is InChI=1S/C10H10FNO/c1-10(11)6-5-7-3-2-4-8(13)9(7)12-10/h2-6,12-13H,1H3.